The van der Waals surface area contributed by atoms with E-state index < -0.39 is 16.0 Å². The van der Waals surface area contributed by atoms with Crippen LogP contribution >= 0.6 is 27.3 Å². The van der Waals surface area contributed by atoms with E-state index in [2.05, 4.69) is 15.9 Å². The maximum absolute atomic E-state index is 12.5. The van der Waals surface area contributed by atoms with Gasteiger partial charge in [-0.3, -0.25) is 4.79 Å². The number of sulfonamides is 1. The molecule has 1 N–H and O–H groups in total. The first-order chi connectivity index (χ1) is 8.91. The Morgan fingerprint density at radius 3 is 2.84 bits per heavy atom. The number of hydrogen-bond donors (Lipinski definition) is 1. The first-order valence-corrected chi connectivity index (χ1v) is 9.02. The Morgan fingerprint density at radius 1 is 1.53 bits per heavy atom. The lowest BCUT2D eigenvalue weighted by Gasteiger charge is -2.31. The summed E-state index contributed by atoms with van der Waals surface area (Å²) < 4.78 is 26.9. The number of rotatable bonds is 4. The molecule has 106 valence electrons. The number of carboxylic acid groups (broad SMARTS) is 1. The van der Waals surface area contributed by atoms with Crippen LogP contribution in [-0.4, -0.2) is 36.9 Å². The van der Waals surface area contributed by atoms with E-state index in [0.717, 1.165) is 6.42 Å². The minimum atomic E-state index is -3.51. The monoisotopic (exact) mass is 367 g/mol. The van der Waals surface area contributed by atoms with Crippen molar-refractivity contribution in [2.45, 2.75) is 24.2 Å². The Bertz CT molecular complexity index is 569. The third-order valence-corrected chi connectivity index (χ3v) is 7.16. The highest BCUT2D eigenvalue weighted by atomic mass is 79.9. The molecule has 0 aliphatic carbocycles. The molecule has 8 heteroatoms. The second kappa shape index (κ2) is 5.90. The molecule has 1 fully saturated rings. The maximum Gasteiger partial charge on any atom is 0.303 e. The molecular formula is C11H14BrNO4S2. The Balaban J connectivity index is 2.17. The first-order valence-electron chi connectivity index (χ1n) is 5.85. The van der Waals surface area contributed by atoms with Gasteiger partial charge in [-0.15, -0.1) is 11.3 Å². The van der Waals surface area contributed by atoms with Crippen LogP contribution in [0.15, 0.2) is 20.1 Å². The van der Waals surface area contributed by atoms with Crippen molar-refractivity contribution in [2.75, 3.05) is 13.1 Å². The van der Waals surface area contributed by atoms with Crippen molar-refractivity contribution in [3.05, 3.63) is 15.2 Å². The van der Waals surface area contributed by atoms with Crippen LogP contribution in [0.5, 0.6) is 0 Å². The molecule has 2 rings (SSSR count). The molecular weight excluding hydrogens is 354 g/mol. The van der Waals surface area contributed by atoms with E-state index >= 15 is 0 Å². The summed E-state index contributed by atoms with van der Waals surface area (Å²) in [5.74, 6) is -0.973. The zero-order valence-corrected chi connectivity index (χ0v) is 13.3. The summed E-state index contributed by atoms with van der Waals surface area (Å²) in [5.41, 5.74) is 0. The van der Waals surface area contributed by atoms with Gasteiger partial charge in [0.15, 0.2) is 0 Å². The van der Waals surface area contributed by atoms with Crippen LogP contribution in [-0.2, 0) is 14.8 Å². The summed E-state index contributed by atoms with van der Waals surface area (Å²) in [6, 6.07) is 0. The third-order valence-electron chi connectivity index (χ3n) is 3.14. The van der Waals surface area contributed by atoms with Crippen molar-refractivity contribution >= 4 is 43.3 Å². The molecule has 1 atom stereocenters. The average Bonchev–Trinajstić information content (AvgIpc) is 2.75. The van der Waals surface area contributed by atoms with Gasteiger partial charge in [0.25, 0.3) is 0 Å². The topological polar surface area (TPSA) is 74.7 Å². The SMILES string of the molecule is O=C(O)CC1CCCN(S(=O)(=O)c2cscc2Br)C1. The van der Waals surface area contributed by atoms with Gasteiger partial charge in [0.2, 0.25) is 10.0 Å². The molecule has 0 bridgehead atoms. The van der Waals surface area contributed by atoms with Gasteiger partial charge in [0, 0.05) is 34.7 Å². The minimum absolute atomic E-state index is 0.0246. The van der Waals surface area contributed by atoms with Gasteiger partial charge in [0.05, 0.1) is 0 Å². The van der Waals surface area contributed by atoms with Crippen molar-refractivity contribution in [1.29, 1.82) is 0 Å². The van der Waals surface area contributed by atoms with Crippen molar-refractivity contribution in [2.24, 2.45) is 5.92 Å². The molecule has 5 nitrogen and oxygen atoms in total. The molecule has 0 spiro atoms. The lowest BCUT2D eigenvalue weighted by molar-refractivity contribution is -0.138. The summed E-state index contributed by atoms with van der Waals surface area (Å²) >= 11 is 4.56. The van der Waals surface area contributed by atoms with E-state index in [9.17, 15) is 13.2 Å². The van der Waals surface area contributed by atoms with Gasteiger partial charge in [-0.25, -0.2) is 8.42 Å². The predicted octanol–water partition coefficient (Wildman–Crippen LogP) is 2.39. The molecule has 1 aromatic heterocycles. The molecule has 1 saturated heterocycles. The molecule has 0 amide bonds. The van der Waals surface area contributed by atoms with E-state index in [-0.39, 0.29) is 23.8 Å². The van der Waals surface area contributed by atoms with Crippen LogP contribution in [0, 0.1) is 5.92 Å². The summed E-state index contributed by atoms with van der Waals surface area (Å²) in [4.78, 5) is 11.0. The fourth-order valence-electron chi connectivity index (χ4n) is 2.25. The van der Waals surface area contributed by atoms with E-state index in [1.807, 2.05) is 0 Å². The number of nitrogens with zero attached hydrogens (tertiary/aromatic N) is 1. The Morgan fingerprint density at radius 2 is 2.26 bits per heavy atom. The van der Waals surface area contributed by atoms with Gasteiger partial charge >= 0.3 is 5.97 Å². The largest absolute Gasteiger partial charge is 0.481 e. The van der Waals surface area contributed by atoms with Gasteiger partial charge < -0.3 is 5.11 Å². The van der Waals surface area contributed by atoms with Gasteiger partial charge in [-0.1, -0.05) is 0 Å². The van der Waals surface area contributed by atoms with E-state index in [1.54, 1.807) is 10.8 Å². The number of halogens is 1. The van der Waals surface area contributed by atoms with Gasteiger partial charge in [-0.2, -0.15) is 4.31 Å². The Hall–Kier alpha value is -0.440. The lowest BCUT2D eigenvalue weighted by atomic mass is 9.96. The van der Waals surface area contributed by atoms with Crippen LogP contribution in [0.3, 0.4) is 0 Å². The van der Waals surface area contributed by atoms with Gasteiger partial charge in [-0.05, 0) is 34.7 Å². The summed E-state index contributed by atoms with van der Waals surface area (Å²) in [7, 11) is -3.51. The average molecular weight is 368 g/mol. The van der Waals surface area contributed by atoms with Crippen LogP contribution in [0.1, 0.15) is 19.3 Å². The zero-order chi connectivity index (χ0) is 14.0. The molecule has 19 heavy (non-hydrogen) atoms. The number of aliphatic carboxylic acids is 1. The van der Waals surface area contributed by atoms with Gasteiger partial charge in [0.1, 0.15) is 4.90 Å². The van der Waals surface area contributed by atoms with E-state index in [0.29, 0.717) is 17.4 Å². The fraction of sp³-hybridized carbons (Fsp3) is 0.545. The lowest BCUT2D eigenvalue weighted by Crippen LogP contribution is -2.40. The molecule has 1 aliphatic rings. The summed E-state index contributed by atoms with van der Waals surface area (Å²) in [6.07, 6.45) is 1.50. The van der Waals surface area contributed by atoms with E-state index in [1.165, 1.54) is 15.6 Å². The smallest absolute Gasteiger partial charge is 0.303 e. The fourth-order valence-corrected chi connectivity index (χ4v) is 6.11. The standard InChI is InChI=1S/C11H14BrNO4S2/c12-9-6-18-7-10(9)19(16,17)13-3-1-2-8(5-13)4-11(14)15/h6-8H,1-5H2,(H,14,15). The van der Waals surface area contributed by atoms with E-state index in [4.69, 9.17) is 5.11 Å². The van der Waals surface area contributed by atoms with Crippen LogP contribution in [0.4, 0.5) is 0 Å². The van der Waals surface area contributed by atoms with Crippen molar-refractivity contribution in [1.82, 2.24) is 4.31 Å². The molecule has 1 aromatic rings. The number of hydrogen-bond acceptors (Lipinski definition) is 4. The van der Waals surface area contributed by atoms with Crippen LogP contribution in [0.2, 0.25) is 0 Å². The van der Waals surface area contributed by atoms with Crippen LogP contribution in [0.25, 0.3) is 0 Å². The quantitative estimate of drug-likeness (QED) is 0.886. The molecule has 2 heterocycles. The Kier molecular flexibility index (Phi) is 4.65. The van der Waals surface area contributed by atoms with Crippen molar-refractivity contribution < 1.29 is 18.3 Å². The minimum Gasteiger partial charge on any atom is -0.481 e. The zero-order valence-electron chi connectivity index (χ0n) is 10.1. The highest BCUT2D eigenvalue weighted by Gasteiger charge is 2.32. The Labute approximate surface area is 124 Å². The number of piperidine rings is 1. The summed E-state index contributed by atoms with van der Waals surface area (Å²) in [6.45, 7) is 0.748. The first kappa shape index (κ1) is 15.0. The summed E-state index contributed by atoms with van der Waals surface area (Å²) in [5, 5.41) is 12.1. The predicted molar refractivity (Wildman–Crippen MR) is 75.8 cm³/mol. The highest BCUT2D eigenvalue weighted by molar-refractivity contribution is 9.10. The third kappa shape index (κ3) is 3.36. The maximum atomic E-state index is 12.5. The highest BCUT2D eigenvalue weighted by Crippen LogP contribution is 2.31. The second-order valence-electron chi connectivity index (χ2n) is 4.55. The molecule has 1 aliphatic heterocycles. The molecule has 1 unspecified atom stereocenters. The molecule has 0 aromatic carbocycles. The molecule has 0 saturated carbocycles. The van der Waals surface area contributed by atoms with Crippen molar-refractivity contribution in [3.63, 3.8) is 0 Å². The normalized spacial score (nSPS) is 21.4. The number of thiophene rings is 1. The number of carbonyl (C=O) groups is 1. The van der Waals surface area contributed by atoms with Crippen LogP contribution < -0.4 is 0 Å². The molecule has 0 radical (unpaired) electrons. The number of carboxylic acids is 1. The van der Waals surface area contributed by atoms with Crippen molar-refractivity contribution in [3.8, 4) is 0 Å². The second-order valence-corrected chi connectivity index (χ2v) is 8.06.